The van der Waals surface area contributed by atoms with E-state index in [1.165, 1.54) is 12.1 Å². The molecule has 1 fully saturated rings. The Kier molecular flexibility index (Phi) is 3.59. The van der Waals surface area contributed by atoms with E-state index in [0.29, 0.717) is 12.1 Å². The van der Waals surface area contributed by atoms with E-state index in [1.54, 1.807) is 0 Å². The van der Waals surface area contributed by atoms with Crippen molar-refractivity contribution in [3.8, 4) is 0 Å². The molecule has 2 atom stereocenters. The number of nitrogens with zero attached hydrogens (tertiary/aromatic N) is 1. The maximum atomic E-state index is 6.05. The molecule has 0 saturated carbocycles. The monoisotopic (exact) mass is 236 g/mol. The Balaban J connectivity index is 2.02. The predicted octanol–water partition coefficient (Wildman–Crippen LogP) is 2.73. The molecule has 1 aromatic rings. The first-order valence-electron chi connectivity index (χ1n) is 6.52. The summed E-state index contributed by atoms with van der Waals surface area (Å²) in [6.45, 7) is 7.52. The first-order valence-corrected chi connectivity index (χ1v) is 6.52. The lowest BCUT2D eigenvalue weighted by Gasteiger charge is -2.21. The molecular weight excluding hydrogens is 212 g/mol. The van der Waals surface area contributed by atoms with Gasteiger partial charge in [-0.05, 0) is 52.8 Å². The number of aromatic nitrogens is 1. The largest absolute Gasteiger partial charge is 0.370 e. The van der Waals surface area contributed by atoms with Crippen molar-refractivity contribution in [3.63, 3.8) is 0 Å². The minimum atomic E-state index is 0.0621. The van der Waals surface area contributed by atoms with Crippen molar-refractivity contribution in [2.75, 3.05) is 7.05 Å². The third-order valence-electron chi connectivity index (χ3n) is 3.70. The van der Waals surface area contributed by atoms with E-state index in [2.05, 4.69) is 49.0 Å². The molecule has 3 heteroatoms. The summed E-state index contributed by atoms with van der Waals surface area (Å²) in [6, 6.07) is 4.68. The first kappa shape index (κ1) is 12.7. The Morgan fingerprint density at radius 3 is 2.94 bits per heavy atom. The summed E-state index contributed by atoms with van der Waals surface area (Å²) in [5, 5.41) is 3.29. The van der Waals surface area contributed by atoms with E-state index in [0.717, 1.165) is 13.0 Å². The van der Waals surface area contributed by atoms with Crippen LogP contribution >= 0.6 is 0 Å². The molecule has 0 aliphatic carbocycles. The van der Waals surface area contributed by atoms with Gasteiger partial charge in [-0.3, -0.25) is 0 Å². The molecule has 0 radical (unpaired) electrons. The zero-order valence-corrected chi connectivity index (χ0v) is 11.4. The van der Waals surface area contributed by atoms with Gasteiger partial charge in [0.25, 0.3) is 0 Å². The van der Waals surface area contributed by atoms with Crippen LogP contribution in [0.15, 0.2) is 18.3 Å². The molecule has 1 aliphatic heterocycles. The Morgan fingerprint density at radius 1 is 1.59 bits per heavy atom. The van der Waals surface area contributed by atoms with Crippen LogP contribution < -0.4 is 5.32 Å². The van der Waals surface area contributed by atoms with E-state index in [9.17, 15) is 0 Å². The summed E-state index contributed by atoms with van der Waals surface area (Å²) in [7, 11) is 2.00. The number of rotatable bonds is 4. The van der Waals surface area contributed by atoms with Crippen molar-refractivity contribution in [1.29, 1.82) is 0 Å². The maximum Gasteiger partial charge on any atom is 0.0762 e. The lowest BCUT2D eigenvalue weighted by molar-refractivity contribution is -0.0220. The van der Waals surface area contributed by atoms with Gasteiger partial charge in [0.05, 0.1) is 11.7 Å². The van der Waals surface area contributed by atoms with Gasteiger partial charge >= 0.3 is 0 Å². The molecule has 2 unspecified atom stereocenters. The summed E-state index contributed by atoms with van der Waals surface area (Å²) in [6.07, 6.45) is 4.84. The van der Waals surface area contributed by atoms with E-state index < -0.39 is 0 Å². The highest BCUT2D eigenvalue weighted by Crippen LogP contribution is 2.30. The minimum absolute atomic E-state index is 0.0621. The average molecular weight is 236 g/mol. The maximum absolute atomic E-state index is 6.05. The Morgan fingerprint density at radius 2 is 2.35 bits per heavy atom. The van der Waals surface area contributed by atoms with Gasteiger partial charge in [0, 0.05) is 24.5 Å². The second kappa shape index (κ2) is 4.83. The smallest absolute Gasteiger partial charge is 0.0762 e. The van der Waals surface area contributed by atoms with Gasteiger partial charge in [-0.2, -0.15) is 0 Å². The second-order valence-electron chi connectivity index (χ2n) is 5.63. The highest BCUT2D eigenvalue weighted by molar-refractivity contribution is 5.11. The third-order valence-corrected chi connectivity index (χ3v) is 3.70. The number of hydrogen-bond acceptors (Lipinski definition) is 2. The highest BCUT2D eigenvalue weighted by atomic mass is 16.5. The van der Waals surface area contributed by atoms with Crippen LogP contribution in [-0.4, -0.2) is 23.3 Å². The van der Waals surface area contributed by atoms with Crippen LogP contribution in [0.4, 0.5) is 0 Å². The van der Waals surface area contributed by atoms with E-state index in [4.69, 9.17) is 4.74 Å². The summed E-state index contributed by atoms with van der Waals surface area (Å²) in [5.74, 6) is 0. The molecule has 1 aromatic heterocycles. The first-order chi connectivity index (χ1) is 8.02. The third kappa shape index (κ3) is 2.90. The van der Waals surface area contributed by atoms with Crippen LogP contribution in [0.1, 0.15) is 45.3 Å². The molecule has 1 saturated heterocycles. The predicted molar refractivity (Wildman–Crippen MR) is 70.1 cm³/mol. The normalized spacial score (nSPS) is 25.1. The fourth-order valence-electron chi connectivity index (χ4n) is 2.56. The van der Waals surface area contributed by atoms with Crippen molar-refractivity contribution in [3.05, 3.63) is 24.0 Å². The van der Waals surface area contributed by atoms with Gasteiger partial charge in [-0.15, -0.1) is 0 Å². The van der Waals surface area contributed by atoms with Crippen LogP contribution in [-0.2, 0) is 11.3 Å². The van der Waals surface area contributed by atoms with Crippen molar-refractivity contribution < 1.29 is 4.74 Å². The topological polar surface area (TPSA) is 26.2 Å². The van der Waals surface area contributed by atoms with Crippen molar-refractivity contribution >= 4 is 0 Å². The van der Waals surface area contributed by atoms with Crippen LogP contribution in [0.5, 0.6) is 0 Å². The van der Waals surface area contributed by atoms with Gasteiger partial charge in [0.1, 0.15) is 0 Å². The Labute approximate surface area is 104 Å². The van der Waals surface area contributed by atoms with Gasteiger partial charge in [-0.25, -0.2) is 0 Å². The van der Waals surface area contributed by atoms with Gasteiger partial charge in [-0.1, -0.05) is 0 Å². The molecular formula is C14H24N2O. The standard InChI is InChI=1S/C14H24N2O/c1-11(15-4)13-6-5-9-16(13)10-12-7-8-14(2,3)17-12/h5-6,9,11-12,15H,7-8,10H2,1-4H3. The van der Waals surface area contributed by atoms with Crippen LogP contribution in [0.3, 0.4) is 0 Å². The molecule has 2 rings (SSSR count). The molecule has 0 aromatic carbocycles. The number of hydrogen-bond donors (Lipinski definition) is 1. The lowest BCUT2D eigenvalue weighted by atomic mass is 10.1. The molecule has 1 aliphatic rings. The van der Waals surface area contributed by atoms with Crippen molar-refractivity contribution in [2.45, 2.75) is 57.9 Å². The zero-order valence-electron chi connectivity index (χ0n) is 11.4. The Hall–Kier alpha value is -0.800. The zero-order chi connectivity index (χ0) is 12.5. The molecule has 0 amide bonds. The van der Waals surface area contributed by atoms with Crippen LogP contribution in [0.2, 0.25) is 0 Å². The average Bonchev–Trinajstić information content (AvgIpc) is 2.85. The SMILES string of the molecule is CNC(C)c1cccn1CC1CCC(C)(C)O1. The van der Waals surface area contributed by atoms with Gasteiger partial charge in [0.2, 0.25) is 0 Å². The molecule has 3 nitrogen and oxygen atoms in total. The summed E-state index contributed by atoms with van der Waals surface area (Å²) in [5.41, 5.74) is 1.40. The molecule has 96 valence electrons. The summed E-state index contributed by atoms with van der Waals surface area (Å²) >= 11 is 0. The summed E-state index contributed by atoms with van der Waals surface area (Å²) < 4.78 is 8.36. The summed E-state index contributed by atoms with van der Waals surface area (Å²) in [4.78, 5) is 0. The van der Waals surface area contributed by atoms with Gasteiger partial charge < -0.3 is 14.6 Å². The quantitative estimate of drug-likeness (QED) is 0.870. The van der Waals surface area contributed by atoms with E-state index >= 15 is 0 Å². The van der Waals surface area contributed by atoms with Crippen molar-refractivity contribution in [2.24, 2.45) is 0 Å². The van der Waals surface area contributed by atoms with Crippen LogP contribution in [0.25, 0.3) is 0 Å². The lowest BCUT2D eigenvalue weighted by Crippen LogP contribution is -2.24. The minimum Gasteiger partial charge on any atom is -0.370 e. The molecule has 2 heterocycles. The molecule has 0 spiro atoms. The highest BCUT2D eigenvalue weighted by Gasteiger charge is 2.31. The van der Waals surface area contributed by atoms with Crippen molar-refractivity contribution in [1.82, 2.24) is 9.88 Å². The molecule has 0 bridgehead atoms. The fraction of sp³-hybridized carbons (Fsp3) is 0.714. The van der Waals surface area contributed by atoms with Gasteiger partial charge in [0.15, 0.2) is 0 Å². The van der Waals surface area contributed by atoms with Crippen LogP contribution in [0, 0.1) is 0 Å². The second-order valence-corrected chi connectivity index (χ2v) is 5.63. The Bertz CT molecular complexity index is 370. The number of nitrogens with one attached hydrogen (secondary N) is 1. The fourth-order valence-corrected chi connectivity index (χ4v) is 2.56. The van der Waals surface area contributed by atoms with E-state index in [-0.39, 0.29) is 5.60 Å². The molecule has 1 N–H and O–H groups in total. The molecule has 17 heavy (non-hydrogen) atoms. The van der Waals surface area contributed by atoms with E-state index in [1.807, 2.05) is 7.05 Å². The number of ether oxygens (including phenoxy) is 1.